The molecule has 0 N–H and O–H groups in total. The largest absolute Gasteiger partial charge is 0.744 e. The predicted octanol–water partition coefficient (Wildman–Crippen LogP) is 4.54. The van der Waals surface area contributed by atoms with E-state index in [-0.39, 0.29) is 18.2 Å². The summed E-state index contributed by atoms with van der Waals surface area (Å²) in [5.74, 6) is -0.373. The van der Waals surface area contributed by atoms with Crippen LogP contribution in [0.4, 0.5) is 11.4 Å². The lowest BCUT2D eigenvalue weighted by Gasteiger charge is -2.24. The van der Waals surface area contributed by atoms with Gasteiger partial charge in [0.15, 0.2) is 0 Å². The molecule has 0 spiro atoms. The Kier molecular flexibility index (Phi) is 7.29. The van der Waals surface area contributed by atoms with E-state index in [1.165, 1.54) is 6.07 Å². The van der Waals surface area contributed by atoms with Crippen molar-refractivity contribution in [3.8, 4) is 0 Å². The van der Waals surface area contributed by atoms with Crippen LogP contribution in [0.5, 0.6) is 0 Å². The highest BCUT2D eigenvalue weighted by molar-refractivity contribution is 7.85. The standard InChI is InChI=1S/C23H26N2O3S.CH4/c1-24(2)19-13-9-17(10-14-19)23(18-11-15-20(16-12-18)25(3)4)21-7-5-6-8-22(21)29(26,27)28;/h5-16,23H,1-4H3,(H,26,27,28);1H4/p-1. The highest BCUT2D eigenvalue weighted by atomic mass is 32.2. The monoisotopic (exact) mass is 425 g/mol. The molecule has 0 amide bonds. The van der Waals surface area contributed by atoms with Crippen LogP contribution < -0.4 is 9.80 Å². The van der Waals surface area contributed by atoms with Gasteiger partial charge >= 0.3 is 0 Å². The lowest BCUT2D eigenvalue weighted by molar-refractivity contribution is 0.462. The van der Waals surface area contributed by atoms with Gasteiger partial charge in [0.05, 0.1) is 4.90 Å². The molecule has 0 aromatic heterocycles. The van der Waals surface area contributed by atoms with E-state index in [1.807, 2.05) is 86.5 Å². The highest BCUT2D eigenvalue weighted by Gasteiger charge is 2.22. The zero-order valence-corrected chi connectivity index (χ0v) is 17.8. The number of benzene rings is 3. The zero-order chi connectivity index (χ0) is 21.2. The number of anilines is 2. The van der Waals surface area contributed by atoms with Gasteiger partial charge in [-0.15, -0.1) is 0 Å². The molecule has 0 saturated carbocycles. The predicted molar refractivity (Wildman–Crippen MR) is 124 cm³/mol. The van der Waals surface area contributed by atoms with Crippen molar-refractivity contribution in [2.75, 3.05) is 38.0 Å². The molecule has 5 nitrogen and oxygen atoms in total. The van der Waals surface area contributed by atoms with E-state index in [1.54, 1.807) is 18.2 Å². The summed E-state index contributed by atoms with van der Waals surface area (Å²) in [6.07, 6.45) is 0. The zero-order valence-electron chi connectivity index (χ0n) is 17.0. The van der Waals surface area contributed by atoms with Gasteiger partial charge in [-0.05, 0) is 47.0 Å². The Morgan fingerprint density at radius 2 is 1.10 bits per heavy atom. The van der Waals surface area contributed by atoms with Crippen LogP contribution in [0, 0.1) is 0 Å². The molecule has 30 heavy (non-hydrogen) atoms. The van der Waals surface area contributed by atoms with E-state index in [0.717, 1.165) is 22.5 Å². The first kappa shape index (κ1) is 23.4. The molecule has 3 aromatic rings. The second kappa shape index (κ2) is 9.32. The third-order valence-electron chi connectivity index (χ3n) is 4.98. The molecular formula is C24H29N2O3S-. The van der Waals surface area contributed by atoms with Gasteiger partial charge in [0.1, 0.15) is 10.1 Å². The molecule has 0 radical (unpaired) electrons. The second-order valence-electron chi connectivity index (χ2n) is 7.40. The van der Waals surface area contributed by atoms with Crippen molar-refractivity contribution in [2.45, 2.75) is 18.2 Å². The SMILES string of the molecule is C.CN(C)c1ccc(C(c2ccc(N(C)C)cc2)c2ccccc2S(=O)(=O)[O-])cc1. The molecule has 0 aliphatic heterocycles. The van der Waals surface area contributed by atoms with Gasteiger partial charge in [-0.2, -0.15) is 0 Å². The van der Waals surface area contributed by atoms with Crippen molar-refractivity contribution in [3.05, 3.63) is 89.5 Å². The van der Waals surface area contributed by atoms with Crippen molar-refractivity contribution in [3.63, 3.8) is 0 Å². The third kappa shape index (κ3) is 5.01. The molecule has 0 bridgehead atoms. The number of rotatable bonds is 6. The topological polar surface area (TPSA) is 63.7 Å². The number of hydrogen-bond donors (Lipinski definition) is 0. The van der Waals surface area contributed by atoms with Gasteiger partial charge in [0.2, 0.25) is 0 Å². The summed E-state index contributed by atoms with van der Waals surface area (Å²) in [5.41, 5.74) is 4.41. The fraction of sp³-hybridized carbons (Fsp3) is 0.250. The molecule has 0 aliphatic carbocycles. The molecule has 3 aromatic carbocycles. The minimum absolute atomic E-state index is 0. The van der Waals surface area contributed by atoms with Gasteiger partial charge in [-0.3, -0.25) is 0 Å². The van der Waals surface area contributed by atoms with Crippen molar-refractivity contribution in [1.82, 2.24) is 0 Å². The fourth-order valence-corrected chi connectivity index (χ4v) is 4.15. The van der Waals surface area contributed by atoms with Gasteiger partial charge < -0.3 is 14.4 Å². The van der Waals surface area contributed by atoms with Crippen molar-refractivity contribution >= 4 is 21.5 Å². The Labute approximate surface area is 180 Å². The van der Waals surface area contributed by atoms with E-state index < -0.39 is 10.1 Å². The molecule has 3 rings (SSSR count). The van der Waals surface area contributed by atoms with Crippen LogP contribution in [0.15, 0.2) is 77.7 Å². The molecule has 6 heteroatoms. The maximum Gasteiger partial charge on any atom is 0.124 e. The van der Waals surface area contributed by atoms with Gasteiger partial charge in [0, 0.05) is 45.5 Å². The number of nitrogens with zero attached hydrogens (tertiary/aromatic N) is 2. The van der Waals surface area contributed by atoms with Crippen molar-refractivity contribution in [1.29, 1.82) is 0 Å². The average Bonchev–Trinajstić information content (AvgIpc) is 2.68. The summed E-state index contributed by atoms with van der Waals surface area (Å²) in [7, 11) is 3.25. The normalized spacial score (nSPS) is 11.1. The first-order chi connectivity index (χ1) is 13.7. The molecule has 0 unspecified atom stereocenters. The molecule has 160 valence electrons. The van der Waals surface area contributed by atoms with Gasteiger partial charge in [-0.1, -0.05) is 49.9 Å². The van der Waals surface area contributed by atoms with E-state index in [4.69, 9.17) is 0 Å². The van der Waals surface area contributed by atoms with Crippen molar-refractivity contribution in [2.24, 2.45) is 0 Å². The van der Waals surface area contributed by atoms with Crippen molar-refractivity contribution < 1.29 is 13.0 Å². The van der Waals surface area contributed by atoms with Gasteiger partial charge in [0.25, 0.3) is 0 Å². The Bertz CT molecular complexity index is 1020. The van der Waals surface area contributed by atoms with Crippen LogP contribution in [-0.2, 0) is 10.1 Å². The maximum absolute atomic E-state index is 11.9. The van der Waals surface area contributed by atoms with Crippen LogP contribution in [0.3, 0.4) is 0 Å². The fourth-order valence-electron chi connectivity index (χ4n) is 3.43. The smallest absolute Gasteiger partial charge is 0.124 e. The molecule has 0 atom stereocenters. The van der Waals surface area contributed by atoms with Gasteiger partial charge in [-0.25, -0.2) is 8.42 Å². The molecule has 0 heterocycles. The second-order valence-corrected chi connectivity index (χ2v) is 8.74. The Balaban J connectivity index is 0.00000320. The summed E-state index contributed by atoms with van der Waals surface area (Å²) < 4.78 is 35.8. The summed E-state index contributed by atoms with van der Waals surface area (Å²) >= 11 is 0. The highest BCUT2D eigenvalue weighted by Crippen LogP contribution is 2.36. The van der Waals surface area contributed by atoms with E-state index in [2.05, 4.69) is 0 Å². The van der Waals surface area contributed by atoms with Crippen LogP contribution >= 0.6 is 0 Å². The minimum atomic E-state index is -4.60. The summed E-state index contributed by atoms with van der Waals surface area (Å²) in [6, 6.07) is 22.3. The summed E-state index contributed by atoms with van der Waals surface area (Å²) in [5, 5.41) is 0. The first-order valence-corrected chi connectivity index (χ1v) is 10.7. The van der Waals surface area contributed by atoms with Crippen LogP contribution in [0.2, 0.25) is 0 Å². The molecule has 0 fully saturated rings. The molecule has 0 saturated heterocycles. The lowest BCUT2D eigenvalue weighted by Crippen LogP contribution is -2.12. The van der Waals surface area contributed by atoms with E-state index >= 15 is 0 Å². The van der Waals surface area contributed by atoms with E-state index in [0.29, 0.717) is 5.56 Å². The Morgan fingerprint density at radius 3 is 1.47 bits per heavy atom. The lowest BCUT2D eigenvalue weighted by atomic mass is 9.85. The first-order valence-electron chi connectivity index (χ1n) is 9.28. The maximum atomic E-state index is 11.9. The van der Waals surface area contributed by atoms with Crippen LogP contribution in [-0.4, -0.2) is 41.2 Å². The number of hydrogen-bond acceptors (Lipinski definition) is 5. The quantitative estimate of drug-likeness (QED) is 0.429. The molecule has 0 aliphatic rings. The third-order valence-corrected chi connectivity index (χ3v) is 5.90. The molecular weight excluding hydrogens is 396 g/mol. The van der Waals surface area contributed by atoms with Crippen LogP contribution in [0.1, 0.15) is 30.0 Å². The minimum Gasteiger partial charge on any atom is -0.744 e. The van der Waals surface area contributed by atoms with Crippen LogP contribution in [0.25, 0.3) is 0 Å². The summed E-state index contributed by atoms with van der Waals surface area (Å²) in [4.78, 5) is 3.82. The average molecular weight is 426 g/mol. The van der Waals surface area contributed by atoms with E-state index in [9.17, 15) is 13.0 Å². The Morgan fingerprint density at radius 1 is 0.700 bits per heavy atom. The Hall–Kier alpha value is -2.83. The summed E-state index contributed by atoms with van der Waals surface area (Å²) in [6.45, 7) is 0.